The van der Waals surface area contributed by atoms with Crippen LogP contribution in [0.1, 0.15) is 5.56 Å². The van der Waals surface area contributed by atoms with E-state index in [-0.39, 0.29) is 5.57 Å². The maximum absolute atomic E-state index is 9.22. The average molecular weight is 338 g/mol. The van der Waals surface area contributed by atoms with Crippen molar-refractivity contribution in [1.29, 1.82) is 10.5 Å². The molecule has 0 amide bonds. The third kappa shape index (κ3) is 4.32. The summed E-state index contributed by atoms with van der Waals surface area (Å²) in [6, 6.07) is 9.85. The maximum atomic E-state index is 9.22. The van der Waals surface area contributed by atoms with E-state index in [9.17, 15) is 10.5 Å². The second kappa shape index (κ2) is 8.23. The van der Waals surface area contributed by atoms with Gasteiger partial charge in [0.2, 0.25) is 0 Å². The second-order valence-corrected chi connectivity index (χ2v) is 6.03. The van der Waals surface area contributed by atoms with Crippen LogP contribution in [-0.2, 0) is 6.54 Å². The van der Waals surface area contributed by atoms with Gasteiger partial charge in [-0.25, -0.2) is 0 Å². The monoisotopic (exact) mass is 338 g/mol. The molecule has 1 fully saturated rings. The molecule has 6 heteroatoms. The van der Waals surface area contributed by atoms with Crippen LogP contribution in [0.3, 0.4) is 0 Å². The topological polar surface area (TPSA) is 72.5 Å². The molecule has 0 unspecified atom stereocenters. The molecule has 1 aliphatic heterocycles. The van der Waals surface area contributed by atoms with Crippen LogP contribution >= 0.6 is 0 Å². The van der Waals surface area contributed by atoms with Crippen molar-refractivity contribution in [3.8, 4) is 23.6 Å². The minimum atomic E-state index is 0.183. The number of likely N-dealkylation sites (tertiary alicyclic amines) is 1. The summed E-state index contributed by atoms with van der Waals surface area (Å²) in [6.07, 6.45) is 1.97. The van der Waals surface area contributed by atoms with E-state index < -0.39 is 0 Å². The molecule has 0 N–H and O–H groups in total. The number of hydrogen-bond donors (Lipinski definition) is 0. The van der Waals surface area contributed by atoms with Crippen molar-refractivity contribution < 1.29 is 9.47 Å². The third-order valence-electron chi connectivity index (χ3n) is 3.96. The molecular formula is C19H22N4O2. The fourth-order valence-corrected chi connectivity index (χ4v) is 2.90. The minimum Gasteiger partial charge on any atom is -0.493 e. The Hall–Kier alpha value is -2.96. The molecule has 0 aromatic heterocycles. The van der Waals surface area contributed by atoms with Gasteiger partial charge in [0.05, 0.1) is 14.2 Å². The Labute approximate surface area is 148 Å². The van der Waals surface area contributed by atoms with E-state index in [1.165, 1.54) is 0 Å². The molecule has 0 saturated carbocycles. The number of methoxy groups -OCH3 is 2. The highest BCUT2D eigenvalue weighted by molar-refractivity contribution is 5.52. The summed E-state index contributed by atoms with van der Waals surface area (Å²) in [5.41, 5.74) is 3.07. The number of allylic oxidation sites excluding steroid dienone is 1. The van der Waals surface area contributed by atoms with Crippen LogP contribution < -0.4 is 9.47 Å². The number of nitriles is 2. The molecule has 0 radical (unpaired) electrons. The summed E-state index contributed by atoms with van der Waals surface area (Å²) in [6.45, 7) is 1.96. The van der Waals surface area contributed by atoms with Crippen LogP contribution in [0.15, 0.2) is 41.1 Å². The number of hydrogen-bond acceptors (Lipinski definition) is 6. The molecule has 0 atom stereocenters. The van der Waals surface area contributed by atoms with Gasteiger partial charge in [-0.3, -0.25) is 4.90 Å². The predicted octanol–water partition coefficient (Wildman–Crippen LogP) is 2.31. The van der Waals surface area contributed by atoms with Crippen LogP contribution in [0.25, 0.3) is 0 Å². The predicted molar refractivity (Wildman–Crippen MR) is 94.8 cm³/mol. The molecule has 2 rings (SSSR count). The Bertz CT molecular complexity index is 766. The number of rotatable bonds is 5. The Kier molecular flexibility index (Phi) is 6.05. The van der Waals surface area contributed by atoms with Crippen LogP contribution in [0.2, 0.25) is 0 Å². The standard InChI is InChI=1S/C19H22N4O2/c1-22(2)11-16-12-23(13-17(16)15(8-20)9-21)10-14-5-6-18(24-3)19(7-14)25-4/h5-7,11H,10,12-13H2,1-4H3. The smallest absolute Gasteiger partial charge is 0.161 e. The van der Waals surface area contributed by atoms with Crippen molar-refractivity contribution in [2.45, 2.75) is 6.54 Å². The molecule has 25 heavy (non-hydrogen) atoms. The Morgan fingerprint density at radius 1 is 1.16 bits per heavy atom. The van der Waals surface area contributed by atoms with Gasteiger partial charge in [-0.05, 0) is 23.3 Å². The van der Waals surface area contributed by atoms with E-state index >= 15 is 0 Å². The molecule has 1 heterocycles. The summed E-state index contributed by atoms with van der Waals surface area (Å²) >= 11 is 0. The van der Waals surface area contributed by atoms with E-state index in [0.29, 0.717) is 31.1 Å². The van der Waals surface area contributed by atoms with Gasteiger partial charge < -0.3 is 14.4 Å². The first kappa shape index (κ1) is 18.4. The van der Waals surface area contributed by atoms with Crippen LogP contribution in [0.4, 0.5) is 0 Å². The minimum absolute atomic E-state index is 0.183. The fourth-order valence-electron chi connectivity index (χ4n) is 2.90. The molecule has 0 bridgehead atoms. The zero-order valence-electron chi connectivity index (χ0n) is 15.0. The lowest BCUT2D eigenvalue weighted by Gasteiger charge is -2.16. The lowest BCUT2D eigenvalue weighted by Crippen LogP contribution is -2.19. The highest BCUT2D eigenvalue weighted by Gasteiger charge is 2.25. The van der Waals surface area contributed by atoms with E-state index in [2.05, 4.69) is 4.90 Å². The SMILES string of the molecule is COc1ccc(CN2CC(=CN(C)C)C(=C(C#N)C#N)C2)cc1OC. The Morgan fingerprint density at radius 3 is 2.40 bits per heavy atom. The summed E-state index contributed by atoms with van der Waals surface area (Å²) in [5.74, 6) is 1.38. The first-order valence-electron chi connectivity index (χ1n) is 7.86. The normalized spacial score (nSPS) is 15.6. The van der Waals surface area contributed by atoms with Gasteiger partial charge in [0.1, 0.15) is 17.7 Å². The van der Waals surface area contributed by atoms with Gasteiger partial charge in [0, 0.05) is 45.5 Å². The van der Waals surface area contributed by atoms with Crippen LogP contribution in [-0.4, -0.2) is 51.2 Å². The summed E-state index contributed by atoms with van der Waals surface area (Å²) in [5, 5.41) is 18.4. The second-order valence-electron chi connectivity index (χ2n) is 6.03. The Balaban J connectivity index is 2.27. The first-order valence-corrected chi connectivity index (χ1v) is 7.86. The number of benzene rings is 1. The zero-order valence-corrected chi connectivity index (χ0v) is 15.0. The molecular weight excluding hydrogens is 316 g/mol. The maximum Gasteiger partial charge on any atom is 0.161 e. The summed E-state index contributed by atoms with van der Waals surface area (Å²) in [4.78, 5) is 4.13. The molecule has 1 aromatic rings. The molecule has 1 saturated heterocycles. The van der Waals surface area contributed by atoms with Gasteiger partial charge in [-0.2, -0.15) is 10.5 Å². The molecule has 130 valence electrons. The molecule has 1 aromatic carbocycles. The van der Waals surface area contributed by atoms with Crippen molar-refractivity contribution in [2.24, 2.45) is 0 Å². The first-order chi connectivity index (χ1) is 12.0. The van der Waals surface area contributed by atoms with Gasteiger partial charge >= 0.3 is 0 Å². The molecule has 0 spiro atoms. The molecule has 0 aliphatic carbocycles. The highest BCUT2D eigenvalue weighted by atomic mass is 16.5. The van der Waals surface area contributed by atoms with Gasteiger partial charge in [-0.1, -0.05) is 6.07 Å². The van der Waals surface area contributed by atoms with Crippen molar-refractivity contribution in [3.63, 3.8) is 0 Å². The number of nitrogens with zero attached hydrogens (tertiary/aromatic N) is 4. The zero-order chi connectivity index (χ0) is 18.4. The van der Waals surface area contributed by atoms with Crippen molar-refractivity contribution >= 4 is 0 Å². The molecule has 6 nitrogen and oxygen atoms in total. The quantitative estimate of drug-likeness (QED) is 0.767. The lowest BCUT2D eigenvalue weighted by atomic mass is 10.1. The molecule has 1 aliphatic rings. The van der Waals surface area contributed by atoms with Gasteiger partial charge in [-0.15, -0.1) is 0 Å². The van der Waals surface area contributed by atoms with Crippen molar-refractivity contribution in [2.75, 3.05) is 41.4 Å². The summed E-state index contributed by atoms with van der Waals surface area (Å²) in [7, 11) is 7.08. The van der Waals surface area contributed by atoms with Crippen LogP contribution in [0.5, 0.6) is 11.5 Å². The highest BCUT2D eigenvalue weighted by Crippen LogP contribution is 2.30. The largest absolute Gasteiger partial charge is 0.493 e. The van der Waals surface area contributed by atoms with Crippen LogP contribution in [0, 0.1) is 22.7 Å². The van der Waals surface area contributed by atoms with E-state index in [0.717, 1.165) is 16.7 Å². The van der Waals surface area contributed by atoms with Crippen molar-refractivity contribution in [3.05, 3.63) is 46.7 Å². The van der Waals surface area contributed by atoms with Crippen molar-refractivity contribution in [1.82, 2.24) is 9.80 Å². The lowest BCUT2D eigenvalue weighted by molar-refractivity contribution is 0.339. The average Bonchev–Trinajstić information content (AvgIpc) is 2.97. The van der Waals surface area contributed by atoms with E-state index in [4.69, 9.17) is 9.47 Å². The van der Waals surface area contributed by atoms with Gasteiger partial charge in [0.15, 0.2) is 11.5 Å². The van der Waals surface area contributed by atoms with E-state index in [1.54, 1.807) is 14.2 Å². The fraction of sp³-hybridized carbons (Fsp3) is 0.368. The van der Waals surface area contributed by atoms with E-state index in [1.807, 2.05) is 55.5 Å². The summed E-state index contributed by atoms with van der Waals surface area (Å²) < 4.78 is 10.6. The number of ether oxygens (including phenoxy) is 2. The van der Waals surface area contributed by atoms with Gasteiger partial charge in [0.25, 0.3) is 0 Å². The third-order valence-corrected chi connectivity index (χ3v) is 3.96. The Morgan fingerprint density at radius 2 is 1.84 bits per heavy atom.